The van der Waals surface area contributed by atoms with Crippen molar-refractivity contribution in [1.29, 1.82) is 0 Å². The summed E-state index contributed by atoms with van der Waals surface area (Å²) in [4.78, 5) is 2.45. The molecule has 0 heterocycles. The summed E-state index contributed by atoms with van der Waals surface area (Å²) in [6.07, 6.45) is 3.65. The molecule has 0 aliphatic carbocycles. The van der Waals surface area contributed by atoms with E-state index in [1.165, 1.54) is 19.4 Å². The number of unbranched alkanes of at least 4 members (excludes halogenated alkanes) is 1. The lowest BCUT2D eigenvalue weighted by atomic mass is 10.3. The highest BCUT2D eigenvalue weighted by Gasteiger charge is 2.02. The van der Waals surface area contributed by atoms with Gasteiger partial charge in [0.15, 0.2) is 0 Å². The molecule has 0 unspecified atom stereocenters. The van der Waals surface area contributed by atoms with Crippen molar-refractivity contribution in [2.24, 2.45) is 0 Å². The molecule has 0 saturated carbocycles. The predicted octanol–water partition coefficient (Wildman–Crippen LogP) is 1.77. The molecule has 3 heteroatoms. The van der Waals surface area contributed by atoms with Gasteiger partial charge in [-0.15, -0.1) is 0 Å². The molecule has 86 valence electrons. The predicted molar refractivity (Wildman–Crippen MR) is 59.7 cm³/mol. The van der Waals surface area contributed by atoms with Crippen molar-refractivity contribution in [3.8, 4) is 0 Å². The van der Waals surface area contributed by atoms with E-state index in [-0.39, 0.29) is 0 Å². The summed E-state index contributed by atoms with van der Waals surface area (Å²) in [5.41, 5.74) is 0. The molecular formula is C11H25NO2. The fourth-order valence-electron chi connectivity index (χ4n) is 1.37. The van der Waals surface area contributed by atoms with Gasteiger partial charge in [0.2, 0.25) is 0 Å². The monoisotopic (exact) mass is 203 g/mol. The number of ether oxygens (including phenoxy) is 2. The molecule has 0 aromatic carbocycles. The van der Waals surface area contributed by atoms with E-state index in [4.69, 9.17) is 9.47 Å². The minimum absolute atomic E-state index is 0.830. The third kappa shape index (κ3) is 8.48. The van der Waals surface area contributed by atoms with Crippen LogP contribution in [0.5, 0.6) is 0 Å². The standard InChI is InChI=1S/C11H25NO2/c1-4-5-7-12(9-11-14-3)8-6-10-13-2/h4-11H2,1-3H3. The highest BCUT2D eigenvalue weighted by atomic mass is 16.5. The van der Waals surface area contributed by atoms with Gasteiger partial charge >= 0.3 is 0 Å². The average Bonchev–Trinajstić information content (AvgIpc) is 2.21. The molecule has 14 heavy (non-hydrogen) atoms. The number of hydrogen-bond acceptors (Lipinski definition) is 3. The number of nitrogens with zero attached hydrogens (tertiary/aromatic N) is 1. The molecule has 0 aromatic rings. The van der Waals surface area contributed by atoms with Crippen LogP contribution in [0.3, 0.4) is 0 Å². The first kappa shape index (κ1) is 13.9. The average molecular weight is 203 g/mol. The number of hydrogen-bond donors (Lipinski definition) is 0. The molecule has 0 N–H and O–H groups in total. The molecule has 0 aromatic heterocycles. The second kappa shape index (κ2) is 11.0. The molecule has 0 aliphatic rings. The molecule has 0 bridgehead atoms. The first-order valence-corrected chi connectivity index (χ1v) is 5.55. The lowest BCUT2D eigenvalue weighted by Gasteiger charge is -2.21. The summed E-state index contributed by atoms with van der Waals surface area (Å²) in [7, 11) is 3.51. The Hall–Kier alpha value is -0.120. The summed E-state index contributed by atoms with van der Waals surface area (Å²) in [6.45, 7) is 7.26. The Morgan fingerprint density at radius 1 is 0.857 bits per heavy atom. The van der Waals surface area contributed by atoms with Gasteiger partial charge in [0.1, 0.15) is 0 Å². The number of methoxy groups -OCH3 is 2. The van der Waals surface area contributed by atoms with E-state index in [1.54, 1.807) is 14.2 Å². The zero-order valence-electron chi connectivity index (χ0n) is 9.92. The third-order valence-electron chi connectivity index (χ3n) is 2.26. The van der Waals surface area contributed by atoms with Crippen molar-refractivity contribution in [3.05, 3.63) is 0 Å². The highest BCUT2D eigenvalue weighted by molar-refractivity contribution is 4.57. The van der Waals surface area contributed by atoms with Crippen molar-refractivity contribution in [1.82, 2.24) is 4.90 Å². The first-order valence-electron chi connectivity index (χ1n) is 5.55. The minimum atomic E-state index is 0.830. The van der Waals surface area contributed by atoms with Gasteiger partial charge in [0.25, 0.3) is 0 Å². The summed E-state index contributed by atoms with van der Waals surface area (Å²) in [5, 5.41) is 0. The molecule has 0 saturated heterocycles. The SMILES string of the molecule is CCCCN(CCCOC)CCOC. The topological polar surface area (TPSA) is 21.7 Å². The molecule has 0 atom stereocenters. The second-order valence-electron chi connectivity index (χ2n) is 3.53. The van der Waals surface area contributed by atoms with Crippen molar-refractivity contribution in [3.63, 3.8) is 0 Å². The third-order valence-corrected chi connectivity index (χ3v) is 2.26. The molecule has 0 amide bonds. The van der Waals surface area contributed by atoms with Gasteiger partial charge < -0.3 is 14.4 Å². The number of rotatable bonds is 10. The zero-order valence-corrected chi connectivity index (χ0v) is 9.92. The van der Waals surface area contributed by atoms with Crippen LogP contribution in [0.1, 0.15) is 26.2 Å². The zero-order chi connectivity index (χ0) is 10.6. The van der Waals surface area contributed by atoms with E-state index < -0.39 is 0 Å². The van der Waals surface area contributed by atoms with Gasteiger partial charge in [-0.1, -0.05) is 13.3 Å². The fourth-order valence-corrected chi connectivity index (χ4v) is 1.37. The molecule has 0 aliphatic heterocycles. The van der Waals surface area contributed by atoms with Crippen LogP contribution < -0.4 is 0 Å². The van der Waals surface area contributed by atoms with Crippen LogP contribution in [-0.4, -0.2) is 52.0 Å². The Kier molecular flexibility index (Phi) is 10.9. The quantitative estimate of drug-likeness (QED) is 0.505. The molecule has 0 radical (unpaired) electrons. The largest absolute Gasteiger partial charge is 0.385 e. The summed E-state index contributed by atoms with van der Waals surface area (Å²) >= 11 is 0. The van der Waals surface area contributed by atoms with Gasteiger partial charge in [-0.05, 0) is 19.4 Å². The lowest BCUT2D eigenvalue weighted by molar-refractivity contribution is 0.132. The van der Waals surface area contributed by atoms with Gasteiger partial charge in [-0.25, -0.2) is 0 Å². The Morgan fingerprint density at radius 2 is 1.50 bits per heavy atom. The normalized spacial score (nSPS) is 11.1. The van der Waals surface area contributed by atoms with Crippen LogP contribution in [-0.2, 0) is 9.47 Å². The Bertz CT molecular complexity index is 101. The van der Waals surface area contributed by atoms with Crippen LogP contribution in [0.4, 0.5) is 0 Å². The van der Waals surface area contributed by atoms with E-state index in [0.717, 1.165) is 32.7 Å². The summed E-state index contributed by atoms with van der Waals surface area (Å²) in [5.74, 6) is 0. The molecule has 0 rings (SSSR count). The highest BCUT2D eigenvalue weighted by Crippen LogP contribution is 1.97. The van der Waals surface area contributed by atoms with Crippen molar-refractivity contribution in [2.45, 2.75) is 26.2 Å². The smallest absolute Gasteiger partial charge is 0.0589 e. The molecular weight excluding hydrogens is 178 g/mol. The molecule has 0 fully saturated rings. The van der Waals surface area contributed by atoms with Gasteiger partial charge in [0, 0.05) is 33.9 Å². The maximum atomic E-state index is 5.09. The van der Waals surface area contributed by atoms with E-state index in [9.17, 15) is 0 Å². The van der Waals surface area contributed by atoms with Gasteiger partial charge in [-0.3, -0.25) is 0 Å². The van der Waals surface area contributed by atoms with Crippen LogP contribution in [0, 0.1) is 0 Å². The summed E-state index contributed by atoms with van der Waals surface area (Å²) < 4.78 is 10.1. The van der Waals surface area contributed by atoms with Gasteiger partial charge in [-0.2, -0.15) is 0 Å². The maximum absolute atomic E-state index is 5.09. The van der Waals surface area contributed by atoms with E-state index in [0.29, 0.717) is 0 Å². The van der Waals surface area contributed by atoms with Crippen LogP contribution >= 0.6 is 0 Å². The maximum Gasteiger partial charge on any atom is 0.0589 e. The second-order valence-corrected chi connectivity index (χ2v) is 3.53. The van der Waals surface area contributed by atoms with Crippen molar-refractivity contribution in [2.75, 3.05) is 47.1 Å². The van der Waals surface area contributed by atoms with Crippen LogP contribution in [0.25, 0.3) is 0 Å². The van der Waals surface area contributed by atoms with Crippen molar-refractivity contribution < 1.29 is 9.47 Å². The first-order chi connectivity index (χ1) is 6.85. The Morgan fingerprint density at radius 3 is 2.07 bits per heavy atom. The minimum Gasteiger partial charge on any atom is -0.385 e. The Labute approximate surface area is 88.4 Å². The van der Waals surface area contributed by atoms with E-state index in [2.05, 4.69) is 11.8 Å². The Balaban J connectivity index is 3.49. The van der Waals surface area contributed by atoms with Crippen LogP contribution in [0.15, 0.2) is 0 Å². The summed E-state index contributed by atoms with van der Waals surface area (Å²) in [6, 6.07) is 0. The molecule has 3 nitrogen and oxygen atoms in total. The molecule has 0 spiro atoms. The van der Waals surface area contributed by atoms with E-state index in [1.807, 2.05) is 0 Å². The fraction of sp³-hybridized carbons (Fsp3) is 1.00. The van der Waals surface area contributed by atoms with E-state index >= 15 is 0 Å². The lowest BCUT2D eigenvalue weighted by Crippen LogP contribution is -2.30. The van der Waals surface area contributed by atoms with Gasteiger partial charge in [0.05, 0.1) is 6.61 Å². The van der Waals surface area contributed by atoms with Crippen LogP contribution in [0.2, 0.25) is 0 Å². The van der Waals surface area contributed by atoms with Crippen molar-refractivity contribution >= 4 is 0 Å².